The molecule has 0 aliphatic carbocycles. The number of benzene rings is 2. The summed E-state index contributed by atoms with van der Waals surface area (Å²) in [6.45, 7) is -0.102. The molecule has 0 atom stereocenters. The van der Waals surface area contributed by atoms with E-state index in [1.807, 2.05) is 0 Å². The molecule has 0 aromatic heterocycles. The highest BCUT2D eigenvalue weighted by atomic mass is 35.5. The average Bonchev–Trinajstić information content (AvgIpc) is 2.68. The lowest BCUT2D eigenvalue weighted by atomic mass is 10.2. The van der Waals surface area contributed by atoms with Crippen LogP contribution < -0.4 is 4.74 Å². The van der Waals surface area contributed by atoms with Crippen LogP contribution >= 0.6 is 23.2 Å². The molecular formula is C15H11Cl2NO4S. The molecule has 5 nitrogen and oxygen atoms in total. The highest BCUT2D eigenvalue weighted by molar-refractivity contribution is 7.90. The lowest BCUT2D eigenvalue weighted by Crippen LogP contribution is -2.33. The number of rotatable bonds is 4. The van der Waals surface area contributed by atoms with Crippen LogP contribution in [0.3, 0.4) is 0 Å². The van der Waals surface area contributed by atoms with Crippen molar-refractivity contribution in [2.24, 2.45) is 0 Å². The van der Waals surface area contributed by atoms with E-state index in [1.165, 1.54) is 12.1 Å². The van der Waals surface area contributed by atoms with Crippen molar-refractivity contribution >= 4 is 39.1 Å². The summed E-state index contributed by atoms with van der Waals surface area (Å²) in [4.78, 5) is 12.2. The normalized spacial score (nSPS) is 15.6. The summed E-state index contributed by atoms with van der Waals surface area (Å²) in [5, 5.41) is 0.814. The number of fused-ring (bicyclic) bond motifs is 1. The summed E-state index contributed by atoms with van der Waals surface area (Å²) in [5.74, 6) is -0.141. The van der Waals surface area contributed by atoms with Crippen molar-refractivity contribution in [2.45, 2.75) is 4.90 Å². The smallest absolute Gasteiger partial charge is 0.269 e. The standard InChI is InChI=1S/C15H11Cl2NO4S/c16-10-7-11(17)9-12(8-10)22-6-5-18-15(19)13-3-1-2-4-14(13)23(18,20)21/h1-4,7-9H,5-6H2. The third kappa shape index (κ3) is 3.02. The maximum absolute atomic E-state index is 12.4. The zero-order valence-corrected chi connectivity index (χ0v) is 14.0. The third-order valence-electron chi connectivity index (χ3n) is 3.31. The number of hydrogen-bond acceptors (Lipinski definition) is 4. The van der Waals surface area contributed by atoms with E-state index in [1.54, 1.807) is 30.3 Å². The van der Waals surface area contributed by atoms with Crippen LogP contribution in [0.25, 0.3) is 0 Å². The second-order valence-electron chi connectivity index (χ2n) is 4.83. The van der Waals surface area contributed by atoms with Crippen molar-refractivity contribution in [1.82, 2.24) is 4.31 Å². The zero-order valence-electron chi connectivity index (χ0n) is 11.7. The fraction of sp³-hybridized carbons (Fsp3) is 0.133. The zero-order chi connectivity index (χ0) is 16.6. The summed E-state index contributed by atoms with van der Waals surface area (Å²) >= 11 is 11.7. The van der Waals surface area contributed by atoms with Crippen LogP contribution in [0.1, 0.15) is 10.4 Å². The summed E-state index contributed by atoms with van der Waals surface area (Å²) in [7, 11) is -3.81. The van der Waals surface area contributed by atoms with Gasteiger partial charge in [-0.1, -0.05) is 35.3 Å². The van der Waals surface area contributed by atoms with Crippen LogP contribution in [0.4, 0.5) is 0 Å². The highest BCUT2D eigenvalue weighted by Crippen LogP contribution is 2.30. The van der Waals surface area contributed by atoms with Gasteiger partial charge in [-0.2, -0.15) is 0 Å². The molecule has 1 amide bonds. The molecule has 2 aromatic carbocycles. The minimum Gasteiger partial charge on any atom is -0.492 e. The Bertz CT molecular complexity index is 863. The molecule has 0 spiro atoms. The van der Waals surface area contributed by atoms with E-state index >= 15 is 0 Å². The Morgan fingerprint density at radius 3 is 2.35 bits per heavy atom. The molecule has 0 bridgehead atoms. The van der Waals surface area contributed by atoms with E-state index in [9.17, 15) is 13.2 Å². The minimum absolute atomic E-state index is 0.00434. The van der Waals surface area contributed by atoms with Gasteiger partial charge in [0.2, 0.25) is 0 Å². The second-order valence-corrected chi connectivity index (χ2v) is 7.54. The van der Waals surface area contributed by atoms with Gasteiger partial charge >= 0.3 is 0 Å². The first-order valence-corrected chi connectivity index (χ1v) is 8.84. The fourth-order valence-electron chi connectivity index (χ4n) is 2.31. The molecule has 0 radical (unpaired) electrons. The fourth-order valence-corrected chi connectivity index (χ4v) is 4.37. The van der Waals surface area contributed by atoms with E-state index in [4.69, 9.17) is 27.9 Å². The van der Waals surface area contributed by atoms with Crippen molar-refractivity contribution in [2.75, 3.05) is 13.2 Å². The van der Waals surface area contributed by atoms with Crippen LogP contribution in [0, 0.1) is 0 Å². The van der Waals surface area contributed by atoms with E-state index in [2.05, 4.69) is 0 Å². The molecule has 1 heterocycles. The van der Waals surface area contributed by atoms with E-state index in [0.29, 0.717) is 15.8 Å². The van der Waals surface area contributed by atoms with E-state index in [0.717, 1.165) is 4.31 Å². The molecule has 8 heteroatoms. The second kappa shape index (κ2) is 6.03. The first-order chi connectivity index (χ1) is 10.9. The molecule has 0 saturated carbocycles. The number of amides is 1. The number of nitrogens with zero attached hydrogens (tertiary/aromatic N) is 1. The number of carbonyl (C=O) groups is 1. The van der Waals surface area contributed by atoms with Crippen molar-refractivity contribution < 1.29 is 17.9 Å². The van der Waals surface area contributed by atoms with Crippen molar-refractivity contribution in [3.8, 4) is 5.75 Å². The van der Waals surface area contributed by atoms with Crippen molar-refractivity contribution in [3.63, 3.8) is 0 Å². The van der Waals surface area contributed by atoms with Crippen LogP contribution in [-0.2, 0) is 10.0 Å². The number of sulfonamides is 1. The molecule has 0 fully saturated rings. The predicted molar refractivity (Wildman–Crippen MR) is 86.6 cm³/mol. The molecule has 120 valence electrons. The molecule has 1 aliphatic rings. The average molecular weight is 372 g/mol. The van der Waals surface area contributed by atoms with Gasteiger partial charge in [-0.15, -0.1) is 0 Å². The SMILES string of the molecule is O=C1c2ccccc2S(=O)(=O)N1CCOc1cc(Cl)cc(Cl)c1. The molecule has 3 rings (SSSR count). The van der Waals surface area contributed by atoms with Gasteiger partial charge in [0.25, 0.3) is 15.9 Å². The van der Waals surface area contributed by atoms with Gasteiger partial charge in [0.1, 0.15) is 17.3 Å². The summed E-state index contributed by atoms with van der Waals surface area (Å²) < 4.78 is 31.0. The topological polar surface area (TPSA) is 63.7 Å². The predicted octanol–water partition coefficient (Wildman–Crippen LogP) is 3.22. The highest BCUT2D eigenvalue weighted by Gasteiger charge is 2.40. The van der Waals surface area contributed by atoms with Gasteiger partial charge in [0, 0.05) is 10.0 Å². The molecule has 0 unspecified atom stereocenters. The van der Waals surface area contributed by atoms with Gasteiger partial charge in [-0.05, 0) is 30.3 Å². The maximum atomic E-state index is 12.4. The first kappa shape index (κ1) is 16.1. The van der Waals surface area contributed by atoms with Gasteiger partial charge in [-0.3, -0.25) is 4.79 Å². The Morgan fingerprint density at radius 2 is 1.70 bits per heavy atom. The number of hydrogen-bond donors (Lipinski definition) is 0. The van der Waals surface area contributed by atoms with Crippen molar-refractivity contribution in [3.05, 3.63) is 58.1 Å². The van der Waals surface area contributed by atoms with Crippen LogP contribution in [0.2, 0.25) is 10.0 Å². The Morgan fingerprint density at radius 1 is 1.04 bits per heavy atom. The summed E-state index contributed by atoms with van der Waals surface area (Å²) in [6, 6.07) is 10.8. The Labute approximate surface area is 143 Å². The lowest BCUT2D eigenvalue weighted by Gasteiger charge is -2.15. The molecule has 0 N–H and O–H groups in total. The molecule has 23 heavy (non-hydrogen) atoms. The van der Waals surface area contributed by atoms with Gasteiger partial charge in [0.15, 0.2) is 0 Å². The Kier molecular flexibility index (Phi) is 4.23. The third-order valence-corrected chi connectivity index (χ3v) is 5.59. The minimum atomic E-state index is -3.81. The number of carbonyl (C=O) groups excluding carboxylic acids is 1. The van der Waals surface area contributed by atoms with Gasteiger partial charge in [0.05, 0.1) is 12.1 Å². The van der Waals surface area contributed by atoms with Crippen molar-refractivity contribution in [1.29, 1.82) is 0 Å². The lowest BCUT2D eigenvalue weighted by molar-refractivity contribution is 0.0857. The van der Waals surface area contributed by atoms with E-state index in [-0.39, 0.29) is 23.6 Å². The molecule has 1 aliphatic heterocycles. The quantitative estimate of drug-likeness (QED) is 0.827. The monoisotopic (exact) mass is 371 g/mol. The Hall–Kier alpha value is -1.76. The molecule has 2 aromatic rings. The van der Waals surface area contributed by atoms with Crippen LogP contribution in [0.5, 0.6) is 5.75 Å². The van der Waals surface area contributed by atoms with Gasteiger partial charge < -0.3 is 4.74 Å². The maximum Gasteiger partial charge on any atom is 0.269 e. The summed E-state index contributed by atoms with van der Waals surface area (Å²) in [5.41, 5.74) is 0.179. The van der Waals surface area contributed by atoms with Crippen LogP contribution in [-0.4, -0.2) is 31.8 Å². The largest absolute Gasteiger partial charge is 0.492 e. The Balaban J connectivity index is 1.73. The van der Waals surface area contributed by atoms with E-state index < -0.39 is 15.9 Å². The van der Waals surface area contributed by atoms with Crippen LogP contribution in [0.15, 0.2) is 47.4 Å². The first-order valence-electron chi connectivity index (χ1n) is 6.64. The number of halogens is 2. The number of ether oxygens (including phenoxy) is 1. The molecule has 0 saturated heterocycles. The summed E-state index contributed by atoms with van der Waals surface area (Å²) in [6.07, 6.45) is 0. The molecular weight excluding hydrogens is 361 g/mol. The van der Waals surface area contributed by atoms with Gasteiger partial charge in [-0.25, -0.2) is 12.7 Å².